The molecule has 0 amide bonds. The molecule has 1 heterocycles. The smallest absolute Gasteiger partial charge is 0.128 e. The third-order valence-electron chi connectivity index (χ3n) is 2.69. The summed E-state index contributed by atoms with van der Waals surface area (Å²) in [6.45, 7) is 0. The van der Waals surface area contributed by atoms with Gasteiger partial charge in [-0.25, -0.2) is 0 Å². The molecule has 0 atom stereocenters. The molecule has 1 aromatic heterocycles. The molecule has 0 bridgehead atoms. The maximum absolute atomic E-state index is 5.76. The molecule has 2 N–H and O–H groups in total. The summed E-state index contributed by atoms with van der Waals surface area (Å²) in [7, 11) is 0. The number of nitrogens with zero attached hydrogens (tertiary/aromatic N) is 1. The van der Waals surface area contributed by atoms with E-state index in [0.29, 0.717) is 0 Å². The van der Waals surface area contributed by atoms with Crippen LogP contribution in [0.15, 0.2) is 60.8 Å². The lowest BCUT2D eigenvalue weighted by atomic mass is 10.2. The van der Waals surface area contributed by atoms with Crippen molar-refractivity contribution in [3.63, 3.8) is 0 Å². The van der Waals surface area contributed by atoms with E-state index in [1.807, 2.05) is 54.6 Å². The van der Waals surface area contributed by atoms with Crippen molar-refractivity contribution in [2.24, 2.45) is 0 Å². The molecule has 0 fully saturated rings. The van der Waals surface area contributed by atoms with E-state index in [1.54, 1.807) is 6.20 Å². The van der Waals surface area contributed by atoms with Crippen LogP contribution >= 0.6 is 0 Å². The molecule has 0 saturated heterocycles. The quantitative estimate of drug-likeness (QED) is 0.691. The molecule has 0 aliphatic rings. The molecule has 3 heteroatoms. The SMILES string of the molecule is Nc1ccc(Oc2ccc3ncccc3c2)cc1. The summed E-state index contributed by atoms with van der Waals surface area (Å²) in [5.74, 6) is 1.56. The van der Waals surface area contributed by atoms with Crippen molar-refractivity contribution >= 4 is 16.6 Å². The summed E-state index contributed by atoms with van der Waals surface area (Å²) >= 11 is 0. The van der Waals surface area contributed by atoms with Gasteiger partial charge in [-0.2, -0.15) is 0 Å². The molecule has 0 aliphatic carbocycles. The summed E-state index contributed by atoms with van der Waals surface area (Å²) in [5.41, 5.74) is 7.32. The van der Waals surface area contributed by atoms with E-state index in [2.05, 4.69) is 4.98 Å². The van der Waals surface area contributed by atoms with Crippen molar-refractivity contribution < 1.29 is 4.74 Å². The van der Waals surface area contributed by atoms with Crippen LogP contribution in [0.5, 0.6) is 11.5 Å². The van der Waals surface area contributed by atoms with Gasteiger partial charge in [0.15, 0.2) is 0 Å². The van der Waals surface area contributed by atoms with Crippen molar-refractivity contribution in [3.05, 3.63) is 60.8 Å². The number of hydrogen-bond donors (Lipinski definition) is 1. The largest absolute Gasteiger partial charge is 0.457 e. The first-order valence-electron chi connectivity index (χ1n) is 5.69. The molecule has 0 aliphatic heterocycles. The fraction of sp³-hybridized carbons (Fsp3) is 0. The molecule has 88 valence electrons. The van der Waals surface area contributed by atoms with E-state index in [9.17, 15) is 0 Å². The first-order valence-corrected chi connectivity index (χ1v) is 5.69. The maximum Gasteiger partial charge on any atom is 0.128 e. The molecule has 3 aromatic rings. The van der Waals surface area contributed by atoms with Crippen LogP contribution in [-0.2, 0) is 0 Å². The zero-order valence-electron chi connectivity index (χ0n) is 9.71. The Morgan fingerprint density at radius 2 is 1.67 bits per heavy atom. The van der Waals surface area contributed by atoms with E-state index in [1.165, 1.54) is 0 Å². The number of rotatable bonds is 2. The van der Waals surface area contributed by atoms with E-state index in [-0.39, 0.29) is 0 Å². The van der Waals surface area contributed by atoms with Gasteiger partial charge < -0.3 is 10.5 Å². The minimum atomic E-state index is 0.727. The molecule has 0 unspecified atom stereocenters. The van der Waals surface area contributed by atoms with Gasteiger partial charge in [-0.05, 0) is 48.5 Å². The normalized spacial score (nSPS) is 10.4. The Bertz CT molecular complexity index is 677. The topological polar surface area (TPSA) is 48.1 Å². The summed E-state index contributed by atoms with van der Waals surface area (Å²) in [5, 5.41) is 1.06. The summed E-state index contributed by atoms with van der Waals surface area (Å²) in [6, 6.07) is 17.1. The van der Waals surface area contributed by atoms with Crippen molar-refractivity contribution in [2.45, 2.75) is 0 Å². The highest BCUT2D eigenvalue weighted by Crippen LogP contribution is 2.25. The minimum absolute atomic E-state index is 0.727. The van der Waals surface area contributed by atoms with Crippen LogP contribution < -0.4 is 10.5 Å². The van der Waals surface area contributed by atoms with Gasteiger partial charge in [0, 0.05) is 17.3 Å². The Kier molecular flexibility index (Phi) is 2.57. The van der Waals surface area contributed by atoms with Gasteiger partial charge in [0.2, 0.25) is 0 Å². The zero-order chi connectivity index (χ0) is 12.4. The van der Waals surface area contributed by atoms with Crippen LogP contribution in [-0.4, -0.2) is 4.98 Å². The standard InChI is InChI=1S/C15H12N2O/c16-12-3-5-13(6-4-12)18-14-7-8-15-11(10-14)2-1-9-17-15/h1-10H,16H2. The number of hydrogen-bond acceptors (Lipinski definition) is 3. The number of pyridine rings is 1. The molecular weight excluding hydrogens is 224 g/mol. The first kappa shape index (κ1) is 10.6. The Morgan fingerprint density at radius 1 is 0.889 bits per heavy atom. The van der Waals surface area contributed by atoms with Crippen LogP contribution in [0.25, 0.3) is 10.9 Å². The van der Waals surface area contributed by atoms with Gasteiger partial charge in [-0.3, -0.25) is 4.98 Å². The number of anilines is 1. The number of aromatic nitrogens is 1. The molecule has 0 spiro atoms. The lowest BCUT2D eigenvalue weighted by Gasteiger charge is -2.06. The third-order valence-corrected chi connectivity index (χ3v) is 2.69. The van der Waals surface area contributed by atoms with Gasteiger partial charge in [0.05, 0.1) is 5.52 Å². The fourth-order valence-electron chi connectivity index (χ4n) is 1.79. The Hall–Kier alpha value is -2.55. The molecule has 18 heavy (non-hydrogen) atoms. The second-order valence-electron chi connectivity index (χ2n) is 4.03. The molecular formula is C15H12N2O. The van der Waals surface area contributed by atoms with Crippen molar-refractivity contribution in [3.8, 4) is 11.5 Å². The predicted octanol–water partition coefficient (Wildman–Crippen LogP) is 3.61. The summed E-state index contributed by atoms with van der Waals surface area (Å²) < 4.78 is 5.76. The van der Waals surface area contributed by atoms with Gasteiger partial charge in [-0.1, -0.05) is 6.07 Å². The third kappa shape index (κ3) is 2.11. The molecule has 0 saturated carbocycles. The van der Waals surface area contributed by atoms with Gasteiger partial charge >= 0.3 is 0 Å². The van der Waals surface area contributed by atoms with Crippen LogP contribution in [0.4, 0.5) is 5.69 Å². The zero-order valence-corrected chi connectivity index (χ0v) is 9.71. The number of fused-ring (bicyclic) bond motifs is 1. The van der Waals surface area contributed by atoms with E-state index < -0.39 is 0 Å². The number of nitrogen functional groups attached to an aromatic ring is 1. The maximum atomic E-state index is 5.76. The van der Waals surface area contributed by atoms with Crippen LogP contribution in [0, 0.1) is 0 Å². The van der Waals surface area contributed by atoms with E-state index in [0.717, 1.165) is 28.1 Å². The van der Waals surface area contributed by atoms with Gasteiger partial charge in [0.1, 0.15) is 11.5 Å². The van der Waals surface area contributed by atoms with Crippen LogP contribution in [0.2, 0.25) is 0 Å². The fourth-order valence-corrected chi connectivity index (χ4v) is 1.79. The van der Waals surface area contributed by atoms with Crippen LogP contribution in [0.3, 0.4) is 0 Å². The average Bonchev–Trinajstić information content (AvgIpc) is 2.41. The molecule has 0 radical (unpaired) electrons. The number of nitrogens with two attached hydrogens (primary N) is 1. The Morgan fingerprint density at radius 3 is 2.50 bits per heavy atom. The number of ether oxygens (including phenoxy) is 1. The highest BCUT2D eigenvalue weighted by molar-refractivity contribution is 5.79. The molecule has 3 rings (SSSR count). The number of benzene rings is 2. The van der Waals surface area contributed by atoms with E-state index >= 15 is 0 Å². The van der Waals surface area contributed by atoms with Crippen molar-refractivity contribution in [1.82, 2.24) is 4.98 Å². The molecule has 2 aromatic carbocycles. The van der Waals surface area contributed by atoms with Gasteiger partial charge in [0.25, 0.3) is 0 Å². The first-order chi connectivity index (χ1) is 8.81. The monoisotopic (exact) mass is 236 g/mol. The van der Waals surface area contributed by atoms with Crippen molar-refractivity contribution in [2.75, 3.05) is 5.73 Å². The molecule has 3 nitrogen and oxygen atoms in total. The summed E-state index contributed by atoms with van der Waals surface area (Å²) in [6.07, 6.45) is 1.78. The predicted molar refractivity (Wildman–Crippen MR) is 72.7 cm³/mol. The minimum Gasteiger partial charge on any atom is -0.457 e. The van der Waals surface area contributed by atoms with Gasteiger partial charge in [-0.15, -0.1) is 0 Å². The highest BCUT2D eigenvalue weighted by Gasteiger charge is 1.99. The average molecular weight is 236 g/mol. The second kappa shape index (κ2) is 4.37. The van der Waals surface area contributed by atoms with Crippen LogP contribution in [0.1, 0.15) is 0 Å². The lowest BCUT2D eigenvalue weighted by molar-refractivity contribution is 0.483. The Labute approximate surface area is 105 Å². The van der Waals surface area contributed by atoms with E-state index in [4.69, 9.17) is 10.5 Å². The lowest BCUT2D eigenvalue weighted by Crippen LogP contribution is -1.87. The highest BCUT2D eigenvalue weighted by atomic mass is 16.5. The second-order valence-corrected chi connectivity index (χ2v) is 4.03. The van der Waals surface area contributed by atoms with Crippen molar-refractivity contribution in [1.29, 1.82) is 0 Å². The summed E-state index contributed by atoms with van der Waals surface area (Å²) in [4.78, 5) is 4.27. The Balaban J connectivity index is 1.92.